The first-order valence-electron chi connectivity index (χ1n) is 8.64. The maximum Gasteiger partial charge on any atom is 0.123 e. The Bertz CT molecular complexity index is 597. The van der Waals surface area contributed by atoms with Crippen LogP contribution in [0.2, 0.25) is 0 Å². The normalized spacial score (nSPS) is 19.1. The number of ether oxygens (including phenoxy) is 1. The topological polar surface area (TPSA) is 34.1 Å². The van der Waals surface area contributed by atoms with Crippen molar-refractivity contribution in [3.63, 3.8) is 0 Å². The lowest BCUT2D eigenvalue weighted by Crippen LogP contribution is -2.32. The molecule has 0 spiro atoms. The van der Waals surface area contributed by atoms with Crippen LogP contribution < -0.4 is 5.32 Å². The first kappa shape index (κ1) is 17.1. The van der Waals surface area contributed by atoms with Crippen molar-refractivity contribution < 1.29 is 9.13 Å². The van der Waals surface area contributed by atoms with Gasteiger partial charge in [-0.1, -0.05) is 12.1 Å². The minimum absolute atomic E-state index is 0.119. The van der Waals surface area contributed by atoms with Crippen LogP contribution in [0.5, 0.6) is 0 Å². The zero-order chi connectivity index (χ0) is 16.6. The second-order valence-corrected chi connectivity index (χ2v) is 6.19. The summed E-state index contributed by atoms with van der Waals surface area (Å²) in [6.07, 6.45) is 9.72. The number of hydrogen-bond donors (Lipinski definition) is 1. The molecule has 0 saturated carbocycles. The van der Waals surface area contributed by atoms with E-state index in [1.54, 1.807) is 12.4 Å². The average molecular weight is 327 g/mol. The summed E-state index contributed by atoms with van der Waals surface area (Å²) in [7, 11) is 0. The number of benzene rings is 1. The van der Waals surface area contributed by atoms with Crippen molar-refractivity contribution in [2.75, 3.05) is 19.7 Å². The monoisotopic (exact) mass is 327 g/mol. The molecule has 0 bridgehead atoms. The molecule has 3 nitrogen and oxygen atoms in total. The molecule has 2 heterocycles. The minimum Gasteiger partial charge on any atom is -0.377 e. The van der Waals surface area contributed by atoms with Crippen LogP contribution in [0.15, 0.2) is 48.8 Å². The quantitative estimate of drug-likeness (QED) is 0.787. The second kappa shape index (κ2) is 8.90. The van der Waals surface area contributed by atoms with Crippen molar-refractivity contribution in [2.24, 2.45) is 0 Å². The summed E-state index contributed by atoms with van der Waals surface area (Å²) in [6.45, 7) is 2.54. The van der Waals surface area contributed by atoms with E-state index < -0.39 is 0 Å². The van der Waals surface area contributed by atoms with Crippen LogP contribution in [0.25, 0.3) is 0 Å². The number of pyridine rings is 1. The molecule has 1 aliphatic rings. The van der Waals surface area contributed by atoms with Gasteiger partial charge < -0.3 is 10.1 Å². The van der Waals surface area contributed by atoms with Gasteiger partial charge in [-0.05, 0) is 67.6 Å². The standard InChI is InChI=1S/C20H24FN2O/c21-18-6-4-16(5-7-18)20(17-8-11-22-12-9-17)10-13-23-15-19-3-1-2-14-24-19/h4-12,19-20,23H,1-3,13-15H2. The fourth-order valence-electron chi connectivity index (χ4n) is 3.12. The van der Waals surface area contributed by atoms with E-state index >= 15 is 0 Å². The molecule has 1 fully saturated rings. The fraction of sp³-hybridized carbons (Fsp3) is 0.400. The lowest BCUT2D eigenvalue weighted by Gasteiger charge is -2.23. The van der Waals surface area contributed by atoms with Gasteiger partial charge >= 0.3 is 0 Å². The third-order valence-electron chi connectivity index (χ3n) is 4.44. The van der Waals surface area contributed by atoms with E-state index in [1.807, 2.05) is 24.3 Å². The highest BCUT2D eigenvalue weighted by molar-refractivity contribution is 5.34. The Morgan fingerprint density at radius 2 is 1.88 bits per heavy atom. The van der Waals surface area contributed by atoms with Crippen molar-refractivity contribution in [2.45, 2.75) is 31.3 Å². The van der Waals surface area contributed by atoms with Crippen molar-refractivity contribution in [1.82, 2.24) is 10.3 Å². The van der Waals surface area contributed by atoms with Crippen LogP contribution in [0, 0.1) is 12.2 Å². The minimum atomic E-state index is -0.209. The van der Waals surface area contributed by atoms with E-state index in [0.29, 0.717) is 6.10 Å². The van der Waals surface area contributed by atoms with Gasteiger partial charge in [0, 0.05) is 31.5 Å². The summed E-state index contributed by atoms with van der Waals surface area (Å²) >= 11 is 0. The van der Waals surface area contributed by atoms with E-state index in [4.69, 9.17) is 4.74 Å². The molecule has 0 amide bonds. The van der Waals surface area contributed by atoms with E-state index in [-0.39, 0.29) is 11.7 Å². The number of aromatic nitrogens is 1. The van der Waals surface area contributed by atoms with Crippen molar-refractivity contribution >= 4 is 0 Å². The number of nitrogens with zero attached hydrogens (tertiary/aromatic N) is 1. The number of hydrogen-bond acceptors (Lipinski definition) is 3. The average Bonchev–Trinajstić information content (AvgIpc) is 2.64. The summed E-state index contributed by atoms with van der Waals surface area (Å²) in [5, 5.41) is 3.47. The van der Waals surface area contributed by atoms with Gasteiger partial charge in [-0.15, -0.1) is 0 Å². The molecule has 2 atom stereocenters. The summed E-state index contributed by atoms with van der Waals surface area (Å²) < 4.78 is 19.0. The largest absolute Gasteiger partial charge is 0.377 e. The highest BCUT2D eigenvalue weighted by atomic mass is 19.1. The van der Waals surface area contributed by atoms with Crippen molar-refractivity contribution in [3.8, 4) is 0 Å². The Hall–Kier alpha value is -1.78. The lowest BCUT2D eigenvalue weighted by atomic mass is 9.89. The number of nitrogens with one attached hydrogen (secondary N) is 1. The van der Waals surface area contributed by atoms with E-state index in [9.17, 15) is 4.39 Å². The second-order valence-electron chi connectivity index (χ2n) is 6.19. The molecule has 4 heteroatoms. The zero-order valence-corrected chi connectivity index (χ0v) is 13.8. The molecule has 24 heavy (non-hydrogen) atoms. The zero-order valence-electron chi connectivity index (χ0n) is 13.8. The molecule has 1 saturated heterocycles. The molecule has 2 aromatic rings. The van der Waals surface area contributed by atoms with Crippen LogP contribution in [-0.4, -0.2) is 30.8 Å². The molecule has 127 valence electrons. The third kappa shape index (κ3) is 4.86. The van der Waals surface area contributed by atoms with Gasteiger partial charge in [-0.25, -0.2) is 4.39 Å². The molecule has 2 unspecified atom stereocenters. The van der Waals surface area contributed by atoms with Crippen LogP contribution >= 0.6 is 0 Å². The van der Waals surface area contributed by atoms with Gasteiger partial charge in [-0.2, -0.15) is 0 Å². The summed E-state index contributed by atoms with van der Waals surface area (Å²) in [4.78, 5) is 4.09. The molecule has 1 N–H and O–H groups in total. The van der Waals surface area contributed by atoms with Crippen molar-refractivity contribution in [1.29, 1.82) is 0 Å². The highest BCUT2D eigenvalue weighted by Gasteiger charge is 2.16. The van der Waals surface area contributed by atoms with E-state index in [0.717, 1.165) is 37.2 Å². The SMILES string of the molecule is Fc1ccc(C([CH]CNCC2CCCCO2)c2ccncc2)cc1. The molecule has 1 radical (unpaired) electrons. The first-order valence-corrected chi connectivity index (χ1v) is 8.64. The molecule has 3 rings (SSSR count). The first-order chi connectivity index (χ1) is 11.8. The molecule has 1 aliphatic heterocycles. The predicted molar refractivity (Wildman–Crippen MR) is 93.2 cm³/mol. The summed E-state index contributed by atoms with van der Waals surface area (Å²) in [5.41, 5.74) is 2.24. The van der Waals surface area contributed by atoms with Crippen LogP contribution in [0.3, 0.4) is 0 Å². The molecular formula is C20H24FN2O. The fourth-order valence-corrected chi connectivity index (χ4v) is 3.12. The Morgan fingerprint density at radius 1 is 1.12 bits per heavy atom. The van der Waals surface area contributed by atoms with Crippen LogP contribution in [-0.2, 0) is 4.74 Å². The van der Waals surface area contributed by atoms with Gasteiger partial charge in [0.25, 0.3) is 0 Å². The van der Waals surface area contributed by atoms with Crippen LogP contribution in [0.1, 0.15) is 36.3 Å². The smallest absolute Gasteiger partial charge is 0.123 e. The van der Waals surface area contributed by atoms with Crippen LogP contribution in [0.4, 0.5) is 4.39 Å². The maximum absolute atomic E-state index is 13.2. The Labute approximate surface area is 143 Å². The van der Waals surface area contributed by atoms with Gasteiger partial charge in [0.1, 0.15) is 5.82 Å². The van der Waals surface area contributed by atoms with Gasteiger partial charge in [0.2, 0.25) is 0 Å². The number of halogens is 1. The highest BCUT2D eigenvalue weighted by Crippen LogP contribution is 2.26. The maximum atomic E-state index is 13.2. The Balaban J connectivity index is 1.59. The van der Waals surface area contributed by atoms with E-state index in [2.05, 4.69) is 16.7 Å². The molecular weight excluding hydrogens is 303 g/mol. The van der Waals surface area contributed by atoms with Gasteiger partial charge in [0.15, 0.2) is 0 Å². The third-order valence-corrected chi connectivity index (χ3v) is 4.44. The van der Waals surface area contributed by atoms with Gasteiger partial charge in [0.05, 0.1) is 6.10 Å². The summed E-state index contributed by atoms with van der Waals surface area (Å²) in [5.74, 6) is -0.0897. The molecule has 1 aromatic heterocycles. The van der Waals surface area contributed by atoms with E-state index in [1.165, 1.54) is 25.0 Å². The lowest BCUT2D eigenvalue weighted by molar-refractivity contribution is 0.0173. The van der Waals surface area contributed by atoms with Gasteiger partial charge in [-0.3, -0.25) is 4.98 Å². The molecule has 1 aromatic carbocycles. The van der Waals surface area contributed by atoms with Crippen molar-refractivity contribution in [3.05, 3.63) is 72.2 Å². The Kier molecular flexibility index (Phi) is 6.33. The Morgan fingerprint density at radius 3 is 2.58 bits per heavy atom. The molecule has 0 aliphatic carbocycles. The summed E-state index contributed by atoms with van der Waals surface area (Å²) in [6, 6.07) is 10.7. The number of rotatable bonds is 7. The predicted octanol–water partition coefficient (Wildman–Crippen LogP) is 3.72.